The number of amides is 3. The topological polar surface area (TPSA) is 145 Å². The van der Waals surface area contributed by atoms with Gasteiger partial charge in [-0.2, -0.15) is 0 Å². The molecule has 4 rings (SSSR count). The summed E-state index contributed by atoms with van der Waals surface area (Å²) < 4.78 is 22.4. The van der Waals surface area contributed by atoms with Gasteiger partial charge < -0.3 is 15.1 Å². The van der Waals surface area contributed by atoms with E-state index in [0.29, 0.717) is 49.3 Å². The maximum Gasteiger partial charge on any atom is 0.239 e. The fraction of sp³-hybridized carbons (Fsp3) is 0.609. The third-order valence-electron chi connectivity index (χ3n) is 7.31. The van der Waals surface area contributed by atoms with Crippen molar-refractivity contribution in [1.29, 1.82) is 0 Å². The quantitative estimate of drug-likeness (QED) is 0.414. The van der Waals surface area contributed by atoms with Crippen LogP contribution in [0.25, 0.3) is 0 Å². The minimum absolute atomic E-state index is 0.0277. The van der Waals surface area contributed by atoms with E-state index in [-0.39, 0.29) is 42.9 Å². The van der Waals surface area contributed by atoms with Crippen LogP contribution in [0, 0.1) is 5.92 Å². The fourth-order valence-corrected chi connectivity index (χ4v) is 6.20. The van der Waals surface area contributed by atoms with Gasteiger partial charge in [0.2, 0.25) is 27.7 Å². The average Bonchev–Trinajstić information content (AvgIpc) is 2.85. The molecule has 11 nitrogen and oxygen atoms in total. The molecule has 0 radical (unpaired) electrons. The molecule has 14 heteroatoms. The van der Waals surface area contributed by atoms with Crippen molar-refractivity contribution >= 4 is 50.9 Å². The van der Waals surface area contributed by atoms with E-state index in [9.17, 15) is 22.8 Å². The fourth-order valence-electron chi connectivity index (χ4n) is 5.35. The van der Waals surface area contributed by atoms with Crippen molar-refractivity contribution in [3.8, 4) is 0 Å². The Morgan fingerprint density at radius 2 is 1.84 bits per heavy atom. The number of carbonyl (C=O) groups excluding carboxylic acids is 3. The van der Waals surface area contributed by atoms with Gasteiger partial charge in [-0.15, -0.1) is 0 Å². The van der Waals surface area contributed by atoms with Gasteiger partial charge in [0.15, 0.2) is 0 Å². The van der Waals surface area contributed by atoms with Crippen molar-refractivity contribution < 1.29 is 22.8 Å². The second-order valence-electron chi connectivity index (χ2n) is 9.83. The van der Waals surface area contributed by atoms with E-state index in [4.69, 9.17) is 28.3 Å². The summed E-state index contributed by atoms with van der Waals surface area (Å²) in [5.74, 6) is -1.67. The normalized spacial score (nSPS) is 25.1. The Hall–Kier alpha value is -1.96. The summed E-state index contributed by atoms with van der Waals surface area (Å²) in [6.45, 7) is 2.65. The average molecular weight is 576 g/mol. The third-order valence-corrected chi connectivity index (χ3v) is 8.70. The highest BCUT2D eigenvalue weighted by Gasteiger charge is 2.42. The van der Waals surface area contributed by atoms with Gasteiger partial charge in [0, 0.05) is 44.8 Å². The highest BCUT2D eigenvalue weighted by molar-refractivity contribution is 7.89. The van der Waals surface area contributed by atoms with Gasteiger partial charge in [0.25, 0.3) is 0 Å². The molecule has 204 valence electrons. The van der Waals surface area contributed by atoms with Gasteiger partial charge >= 0.3 is 0 Å². The molecule has 3 amide bonds. The van der Waals surface area contributed by atoms with Gasteiger partial charge in [0.05, 0.1) is 22.6 Å². The summed E-state index contributed by atoms with van der Waals surface area (Å²) in [4.78, 5) is 43.3. The van der Waals surface area contributed by atoms with E-state index < -0.39 is 21.7 Å². The summed E-state index contributed by atoms with van der Waals surface area (Å²) in [6, 6.07) is 5.42. The molecule has 3 aliphatic rings. The van der Waals surface area contributed by atoms with E-state index in [1.165, 1.54) is 4.90 Å². The Bertz CT molecular complexity index is 1140. The van der Waals surface area contributed by atoms with Crippen LogP contribution in [0.15, 0.2) is 18.2 Å². The van der Waals surface area contributed by atoms with Crippen LogP contribution in [0.1, 0.15) is 24.8 Å². The number of nitrogens with one attached hydrogen (secondary N) is 2. The largest absolute Gasteiger partial charge is 0.350 e. The predicted octanol–water partition coefficient (Wildman–Crippen LogP) is -0.0311. The number of piperazine rings is 1. The molecule has 0 spiro atoms. The summed E-state index contributed by atoms with van der Waals surface area (Å²) in [5, 5.41) is 12.1. The van der Waals surface area contributed by atoms with Crippen LogP contribution in [0.5, 0.6) is 0 Å². The first kappa shape index (κ1) is 28.1. The zero-order valence-electron chi connectivity index (χ0n) is 20.4. The molecule has 1 aliphatic carbocycles. The van der Waals surface area contributed by atoms with Crippen LogP contribution < -0.4 is 15.8 Å². The lowest BCUT2D eigenvalue weighted by atomic mass is 9.79. The van der Waals surface area contributed by atoms with Crippen molar-refractivity contribution in [3.63, 3.8) is 0 Å². The number of hydrogen-bond acceptors (Lipinski definition) is 7. The number of halogens is 2. The minimum Gasteiger partial charge on any atom is -0.350 e. The zero-order chi connectivity index (χ0) is 26.7. The third kappa shape index (κ3) is 7.33. The van der Waals surface area contributed by atoms with Crippen LogP contribution in [0.2, 0.25) is 10.0 Å². The highest BCUT2D eigenvalue weighted by Crippen LogP contribution is 2.32. The van der Waals surface area contributed by atoms with Crippen LogP contribution in [-0.4, -0.2) is 98.1 Å². The van der Waals surface area contributed by atoms with Crippen molar-refractivity contribution in [2.45, 2.75) is 37.9 Å². The predicted molar refractivity (Wildman–Crippen MR) is 139 cm³/mol. The molecule has 1 aromatic carbocycles. The number of rotatable bonds is 7. The summed E-state index contributed by atoms with van der Waals surface area (Å²) in [7, 11) is -3.85. The van der Waals surface area contributed by atoms with Crippen LogP contribution in [-0.2, 0) is 31.0 Å². The first-order valence-electron chi connectivity index (χ1n) is 12.3. The number of primary sulfonamides is 1. The first-order chi connectivity index (χ1) is 17.5. The molecule has 0 aromatic heterocycles. The maximum absolute atomic E-state index is 13.3. The van der Waals surface area contributed by atoms with E-state index in [0.717, 1.165) is 18.4 Å². The monoisotopic (exact) mass is 574 g/mol. The number of fused-ring (bicyclic) bond motifs is 1. The number of hydrogen-bond donors (Lipinski definition) is 3. The van der Waals surface area contributed by atoms with Gasteiger partial charge in [-0.05, 0) is 37.0 Å². The smallest absolute Gasteiger partial charge is 0.239 e. The van der Waals surface area contributed by atoms with E-state index in [1.54, 1.807) is 23.1 Å². The molecule has 1 aromatic rings. The van der Waals surface area contributed by atoms with Gasteiger partial charge in [-0.25, -0.2) is 13.6 Å². The first-order valence-corrected chi connectivity index (χ1v) is 14.7. The molecule has 4 N–H and O–H groups in total. The van der Waals surface area contributed by atoms with Gasteiger partial charge in [0.1, 0.15) is 12.3 Å². The van der Waals surface area contributed by atoms with Crippen molar-refractivity contribution in [1.82, 2.24) is 25.3 Å². The van der Waals surface area contributed by atoms with Crippen molar-refractivity contribution in [3.05, 3.63) is 33.8 Å². The van der Waals surface area contributed by atoms with Crippen LogP contribution in [0.3, 0.4) is 0 Å². The molecule has 1 saturated carbocycles. The Morgan fingerprint density at radius 1 is 1.11 bits per heavy atom. The van der Waals surface area contributed by atoms with Crippen LogP contribution >= 0.6 is 23.2 Å². The Morgan fingerprint density at radius 3 is 2.51 bits per heavy atom. The Balaban J connectivity index is 1.26. The standard InChI is InChI=1S/C23H32Cl2N6O5S/c24-18-3-1-15(9-19(18)25)11-27-21(32)12-31-14-28-20-4-2-16(10-17(20)23(31)34)29-5-7-30(8-6-29)22(33)13-37(26,35)36/h1,3,9,16-17,20,28H,2,4-8,10-14H2,(H,27,32)(H2,26,35,36). The number of nitrogens with zero attached hydrogens (tertiary/aromatic N) is 3. The molecule has 2 aliphatic heterocycles. The molecule has 2 saturated heterocycles. The number of nitrogens with two attached hydrogens (primary N) is 1. The number of benzene rings is 1. The SMILES string of the molecule is NS(=O)(=O)CC(=O)N1CCN(C2CCC3NCN(CC(=O)NCc4ccc(Cl)c(Cl)c4)C(=O)C3C2)CC1. The second-order valence-corrected chi connectivity index (χ2v) is 12.3. The lowest BCUT2D eigenvalue weighted by Gasteiger charge is -2.47. The number of sulfonamides is 1. The molecule has 0 bridgehead atoms. The maximum atomic E-state index is 13.3. The minimum atomic E-state index is -3.85. The van der Waals surface area contributed by atoms with Crippen molar-refractivity contribution in [2.75, 3.05) is 45.1 Å². The lowest BCUT2D eigenvalue weighted by molar-refractivity contribution is -0.146. The number of carbonyl (C=O) groups is 3. The molecular weight excluding hydrogens is 543 g/mol. The summed E-state index contributed by atoms with van der Waals surface area (Å²) in [6.07, 6.45) is 2.45. The molecule has 2 heterocycles. The molecule has 3 atom stereocenters. The second kappa shape index (κ2) is 11.8. The Kier molecular flexibility index (Phi) is 8.97. The molecule has 37 heavy (non-hydrogen) atoms. The van der Waals surface area contributed by atoms with Gasteiger partial charge in [-0.3, -0.25) is 24.6 Å². The molecule has 3 fully saturated rings. The molecule has 3 unspecified atom stereocenters. The van der Waals surface area contributed by atoms with Gasteiger partial charge in [-0.1, -0.05) is 29.3 Å². The molecular formula is C23H32Cl2N6O5S. The van der Waals surface area contributed by atoms with E-state index in [2.05, 4.69) is 15.5 Å². The van der Waals surface area contributed by atoms with Crippen molar-refractivity contribution in [2.24, 2.45) is 11.1 Å². The van der Waals surface area contributed by atoms with Crippen LogP contribution in [0.4, 0.5) is 0 Å². The highest BCUT2D eigenvalue weighted by atomic mass is 35.5. The lowest BCUT2D eigenvalue weighted by Crippen LogP contribution is -2.62. The van der Waals surface area contributed by atoms with E-state index >= 15 is 0 Å². The van der Waals surface area contributed by atoms with E-state index in [1.807, 2.05) is 0 Å². The summed E-state index contributed by atoms with van der Waals surface area (Å²) >= 11 is 12.0. The Labute approximate surface area is 226 Å². The zero-order valence-corrected chi connectivity index (χ0v) is 22.7. The summed E-state index contributed by atoms with van der Waals surface area (Å²) in [5.41, 5.74) is 0.812.